The standard InChI is InChI=1S/C39H33NSi/c1-29(2)30-22-24-34(25-23-30)41(32-16-8-4-9-17-32,33-18-10-5-11-19-33)35-26-27-39-37(28-35)36-20-12-13-21-38(36)40(39)31-14-6-3-7-15-31/h3-29H,1-2H3. The summed E-state index contributed by atoms with van der Waals surface area (Å²) < 4.78 is 2.40. The van der Waals surface area contributed by atoms with Crippen molar-refractivity contribution in [3.8, 4) is 5.69 Å². The molecule has 0 N–H and O–H groups in total. The van der Waals surface area contributed by atoms with Crippen molar-refractivity contribution in [2.24, 2.45) is 0 Å². The largest absolute Gasteiger partial charge is 0.309 e. The summed E-state index contributed by atoms with van der Waals surface area (Å²) in [6.07, 6.45) is 0. The van der Waals surface area contributed by atoms with E-state index in [1.165, 1.54) is 53.8 Å². The van der Waals surface area contributed by atoms with Gasteiger partial charge in [-0.15, -0.1) is 0 Å². The minimum Gasteiger partial charge on any atom is -0.309 e. The normalized spacial score (nSPS) is 11.9. The quantitative estimate of drug-likeness (QED) is 0.153. The van der Waals surface area contributed by atoms with E-state index >= 15 is 0 Å². The molecule has 7 rings (SSSR count). The Kier molecular flexibility index (Phi) is 6.41. The van der Waals surface area contributed by atoms with Crippen molar-refractivity contribution in [1.82, 2.24) is 4.57 Å². The first-order valence-corrected chi connectivity index (χ1v) is 16.5. The molecule has 0 aliphatic rings. The van der Waals surface area contributed by atoms with Crippen LogP contribution in [0.3, 0.4) is 0 Å². The Morgan fingerprint density at radius 1 is 0.439 bits per heavy atom. The van der Waals surface area contributed by atoms with E-state index in [1.54, 1.807) is 0 Å². The maximum atomic E-state index is 2.50. The second kappa shape index (κ2) is 10.4. The fraction of sp³-hybridized carbons (Fsp3) is 0.0769. The number of aromatic nitrogens is 1. The highest BCUT2D eigenvalue weighted by Crippen LogP contribution is 2.32. The van der Waals surface area contributed by atoms with Crippen LogP contribution in [0.5, 0.6) is 0 Å². The van der Waals surface area contributed by atoms with Gasteiger partial charge in [0.1, 0.15) is 0 Å². The first kappa shape index (κ1) is 25.3. The number of hydrogen-bond donors (Lipinski definition) is 0. The molecular weight excluding hydrogens is 511 g/mol. The van der Waals surface area contributed by atoms with Gasteiger partial charge in [0, 0.05) is 16.5 Å². The summed E-state index contributed by atoms with van der Waals surface area (Å²) in [4.78, 5) is 0. The Hall–Kier alpha value is -4.66. The van der Waals surface area contributed by atoms with Gasteiger partial charge in [0.15, 0.2) is 8.07 Å². The smallest absolute Gasteiger partial charge is 0.179 e. The molecule has 0 saturated heterocycles. The van der Waals surface area contributed by atoms with E-state index in [0.717, 1.165) is 0 Å². The molecule has 0 amide bonds. The van der Waals surface area contributed by atoms with Crippen LogP contribution in [0.4, 0.5) is 0 Å². The van der Waals surface area contributed by atoms with Crippen LogP contribution in [0.1, 0.15) is 25.3 Å². The molecule has 0 aliphatic heterocycles. The van der Waals surface area contributed by atoms with Gasteiger partial charge in [-0.25, -0.2) is 0 Å². The average molecular weight is 544 g/mol. The van der Waals surface area contributed by atoms with Gasteiger partial charge in [-0.1, -0.05) is 147 Å². The molecule has 0 saturated carbocycles. The second-order valence-corrected chi connectivity index (χ2v) is 15.0. The lowest BCUT2D eigenvalue weighted by Gasteiger charge is -2.34. The van der Waals surface area contributed by atoms with Crippen molar-refractivity contribution in [2.45, 2.75) is 19.8 Å². The molecular formula is C39H33NSi. The van der Waals surface area contributed by atoms with Gasteiger partial charge < -0.3 is 4.57 Å². The van der Waals surface area contributed by atoms with E-state index in [9.17, 15) is 0 Å². The highest BCUT2D eigenvalue weighted by atomic mass is 28.3. The van der Waals surface area contributed by atoms with Gasteiger partial charge in [0.25, 0.3) is 0 Å². The van der Waals surface area contributed by atoms with Gasteiger partial charge in [-0.2, -0.15) is 0 Å². The number of fused-ring (bicyclic) bond motifs is 3. The minimum atomic E-state index is -2.64. The Balaban J connectivity index is 1.58. The maximum absolute atomic E-state index is 2.64. The predicted octanol–water partition coefficient (Wildman–Crippen LogP) is 7.28. The summed E-state index contributed by atoms with van der Waals surface area (Å²) in [5.41, 5.74) is 5.03. The topological polar surface area (TPSA) is 4.93 Å². The van der Waals surface area contributed by atoms with Gasteiger partial charge in [0.2, 0.25) is 0 Å². The van der Waals surface area contributed by atoms with E-state index < -0.39 is 8.07 Å². The molecule has 198 valence electrons. The van der Waals surface area contributed by atoms with Gasteiger partial charge in [0.05, 0.1) is 11.0 Å². The van der Waals surface area contributed by atoms with Crippen molar-refractivity contribution in [3.05, 3.63) is 163 Å². The zero-order chi connectivity index (χ0) is 27.8. The first-order chi connectivity index (χ1) is 20.2. The van der Waals surface area contributed by atoms with Crippen LogP contribution in [0.2, 0.25) is 0 Å². The lowest BCUT2D eigenvalue weighted by Crippen LogP contribution is -2.74. The van der Waals surface area contributed by atoms with E-state index in [-0.39, 0.29) is 0 Å². The van der Waals surface area contributed by atoms with Crippen molar-refractivity contribution >= 4 is 50.6 Å². The molecule has 0 fully saturated rings. The molecule has 0 spiro atoms. The highest BCUT2D eigenvalue weighted by molar-refractivity contribution is 7.20. The number of nitrogens with zero attached hydrogens (tertiary/aromatic N) is 1. The van der Waals surface area contributed by atoms with Crippen molar-refractivity contribution in [2.75, 3.05) is 0 Å². The second-order valence-electron chi connectivity index (χ2n) is 11.2. The number of benzene rings is 6. The molecule has 0 aliphatic carbocycles. The molecule has 2 heteroatoms. The van der Waals surface area contributed by atoms with Crippen LogP contribution in [-0.2, 0) is 0 Å². The van der Waals surface area contributed by atoms with Crippen LogP contribution in [0, 0.1) is 0 Å². The zero-order valence-electron chi connectivity index (χ0n) is 23.5. The molecule has 6 aromatic carbocycles. The van der Waals surface area contributed by atoms with E-state index in [4.69, 9.17) is 0 Å². The van der Waals surface area contributed by atoms with Crippen molar-refractivity contribution in [3.63, 3.8) is 0 Å². The van der Waals surface area contributed by atoms with E-state index in [2.05, 4.69) is 176 Å². The predicted molar refractivity (Wildman–Crippen MR) is 178 cm³/mol. The Bertz CT molecular complexity index is 1900. The van der Waals surface area contributed by atoms with Crippen LogP contribution in [-0.4, -0.2) is 12.6 Å². The van der Waals surface area contributed by atoms with Gasteiger partial charge >= 0.3 is 0 Å². The first-order valence-electron chi connectivity index (χ1n) is 14.5. The molecule has 1 heterocycles. The van der Waals surface area contributed by atoms with Crippen molar-refractivity contribution in [1.29, 1.82) is 0 Å². The molecule has 0 atom stereocenters. The maximum Gasteiger partial charge on any atom is 0.179 e. The summed E-state index contributed by atoms with van der Waals surface area (Å²) in [7, 11) is -2.64. The number of rotatable bonds is 6. The van der Waals surface area contributed by atoms with E-state index in [0.29, 0.717) is 5.92 Å². The monoisotopic (exact) mass is 543 g/mol. The molecule has 41 heavy (non-hydrogen) atoms. The Morgan fingerprint density at radius 2 is 0.927 bits per heavy atom. The average Bonchev–Trinajstić information content (AvgIpc) is 3.37. The van der Waals surface area contributed by atoms with Gasteiger partial charge in [-0.05, 0) is 56.5 Å². The SMILES string of the molecule is CC(C)c1ccc([Si](c2ccccc2)(c2ccccc2)c2ccc3c(c2)c2ccccc2n3-c2ccccc2)cc1. The van der Waals surface area contributed by atoms with Crippen LogP contribution < -0.4 is 20.7 Å². The molecule has 0 radical (unpaired) electrons. The van der Waals surface area contributed by atoms with E-state index in [1.807, 2.05) is 0 Å². The highest BCUT2D eigenvalue weighted by Gasteiger charge is 2.41. The summed E-state index contributed by atoms with van der Waals surface area (Å²) in [5.74, 6) is 0.494. The minimum absolute atomic E-state index is 0.494. The molecule has 0 unspecified atom stereocenters. The molecule has 1 aromatic heterocycles. The molecule has 1 nitrogen and oxygen atoms in total. The third-order valence-corrected chi connectivity index (χ3v) is 13.3. The summed E-state index contributed by atoms with van der Waals surface area (Å²) in [6, 6.07) is 58.7. The fourth-order valence-electron chi connectivity index (χ4n) is 6.56. The summed E-state index contributed by atoms with van der Waals surface area (Å²) >= 11 is 0. The zero-order valence-corrected chi connectivity index (χ0v) is 24.5. The Morgan fingerprint density at radius 3 is 1.54 bits per heavy atom. The lowest BCUT2D eigenvalue weighted by atomic mass is 10.0. The molecule has 0 bridgehead atoms. The summed E-state index contributed by atoms with van der Waals surface area (Å²) in [5, 5.41) is 8.18. The summed E-state index contributed by atoms with van der Waals surface area (Å²) in [6.45, 7) is 4.54. The number of hydrogen-bond acceptors (Lipinski definition) is 0. The molecule has 7 aromatic rings. The van der Waals surface area contributed by atoms with Crippen molar-refractivity contribution < 1.29 is 0 Å². The Labute approximate surface area is 243 Å². The lowest BCUT2D eigenvalue weighted by molar-refractivity contribution is 0.867. The van der Waals surface area contributed by atoms with Gasteiger partial charge in [-0.3, -0.25) is 0 Å². The van der Waals surface area contributed by atoms with Crippen LogP contribution >= 0.6 is 0 Å². The number of para-hydroxylation sites is 2. The fourth-order valence-corrected chi connectivity index (χ4v) is 11.3. The van der Waals surface area contributed by atoms with Crippen LogP contribution in [0.25, 0.3) is 27.5 Å². The van der Waals surface area contributed by atoms with Crippen LogP contribution in [0.15, 0.2) is 158 Å². The third-order valence-electron chi connectivity index (χ3n) is 8.54. The third kappa shape index (κ3) is 4.14.